The lowest BCUT2D eigenvalue weighted by Crippen LogP contribution is -2.47. The molecule has 0 spiro atoms. The fourth-order valence-electron chi connectivity index (χ4n) is 2.80. The van der Waals surface area contributed by atoms with Gasteiger partial charge >= 0.3 is 0 Å². The Morgan fingerprint density at radius 3 is 2.44 bits per heavy atom. The highest BCUT2D eigenvalue weighted by atomic mass is 15.4. The Bertz CT molecular complexity index is 390. The van der Waals surface area contributed by atoms with Crippen molar-refractivity contribution in [2.75, 3.05) is 44.2 Å². The summed E-state index contributed by atoms with van der Waals surface area (Å²) in [6.07, 6.45) is 0.920. The van der Waals surface area contributed by atoms with E-state index in [2.05, 4.69) is 28.7 Å². The van der Waals surface area contributed by atoms with Crippen LogP contribution in [0.15, 0.2) is 0 Å². The molecule has 18 heavy (non-hydrogen) atoms. The van der Waals surface area contributed by atoms with Crippen LogP contribution in [0.1, 0.15) is 18.2 Å². The van der Waals surface area contributed by atoms with E-state index in [-0.39, 0.29) is 0 Å². The molecule has 2 rings (SSSR count). The minimum absolute atomic E-state index is 0.689. The highest BCUT2D eigenvalue weighted by molar-refractivity contribution is 5.50. The Balaban J connectivity index is 2.17. The third-order valence-corrected chi connectivity index (χ3v) is 3.83. The summed E-state index contributed by atoms with van der Waals surface area (Å²) in [5, 5.41) is 4.55. The number of likely N-dealkylation sites (N-methyl/N-ethyl adjacent to an activating group) is 1. The molecule has 5 heteroatoms. The van der Waals surface area contributed by atoms with E-state index in [9.17, 15) is 0 Å². The van der Waals surface area contributed by atoms with Crippen molar-refractivity contribution in [3.8, 4) is 0 Å². The lowest BCUT2D eigenvalue weighted by atomic mass is 10.1. The van der Waals surface area contributed by atoms with Crippen molar-refractivity contribution < 1.29 is 0 Å². The molecule has 0 bridgehead atoms. The third kappa shape index (κ3) is 2.52. The fraction of sp³-hybridized carbons (Fsp3) is 0.769. The lowest BCUT2D eigenvalue weighted by molar-refractivity contribution is 0.269. The van der Waals surface area contributed by atoms with Crippen LogP contribution in [0, 0.1) is 6.92 Å². The first-order chi connectivity index (χ1) is 8.67. The van der Waals surface area contributed by atoms with E-state index < -0.39 is 0 Å². The third-order valence-electron chi connectivity index (χ3n) is 3.83. The quantitative estimate of drug-likeness (QED) is 0.840. The lowest BCUT2D eigenvalue weighted by Gasteiger charge is -2.35. The van der Waals surface area contributed by atoms with Gasteiger partial charge in [0.1, 0.15) is 5.82 Å². The minimum Gasteiger partial charge on any atom is -0.354 e. The van der Waals surface area contributed by atoms with E-state index in [1.54, 1.807) is 0 Å². The van der Waals surface area contributed by atoms with Crippen molar-refractivity contribution in [1.82, 2.24) is 14.7 Å². The smallest absolute Gasteiger partial charge is 0.130 e. The van der Waals surface area contributed by atoms with Crippen LogP contribution in [0.5, 0.6) is 0 Å². The SMILES string of the molecule is CCN1CCN(c2c(CCN)c(C)nn2C)CC1. The van der Waals surface area contributed by atoms with Crippen LogP contribution in [0.25, 0.3) is 0 Å². The molecule has 0 radical (unpaired) electrons. The molecule has 0 aromatic carbocycles. The molecule has 0 atom stereocenters. The van der Waals surface area contributed by atoms with Crippen LogP contribution in [0.4, 0.5) is 5.82 Å². The van der Waals surface area contributed by atoms with Gasteiger partial charge in [-0.2, -0.15) is 5.10 Å². The van der Waals surface area contributed by atoms with Crippen molar-refractivity contribution in [2.45, 2.75) is 20.3 Å². The van der Waals surface area contributed by atoms with E-state index in [1.807, 2.05) is 11.7 Å². The molecule has 102 valence electrons. The van der Waals surface area contributed by atoms with Crippen LogP contribution in [-0.4, -0.2) is 53.9 Å². The number of piperazine rings is 1. The first kappa shape index (κ1) is 13.4. The molecule has 1 aromatic rings. The topological polar surface area (TPSA) is 50.3 Å². The first-order valence-electron chi connectivity index (χ1n) is 6.87. The van der Waals surface area contributed by atoms with Crippen molar-refractivity contribution in [3.05, 3.63) is 11.3 Å². The van der Waals surface area contributed by atoms with Gasteiger partial charge in [-0.05, 0) is 26.4 Å². The van der Waals surface area contributed by atoms with E-state index in [4.69, 9.17) is 5.73 Å². The minimum atomic E-state index is 0.689. The normalized spacial score (nSPS) is 17.4. The summed E-state index contributed by atoms with van der Waals surface area (Å²) < 4.78 is 2.02. The summed E-state index contributed by atoms with van der Waals surface area (Å²) in [4.78, 5) is 4.94. The van der Waals surface area contributed by atoms with Gasteiger partial charge in [0.15, 0.2) is 0 Å². The van der Waals surface area contributed by atoms with Gasteiger partial charge < -0.3 is 15.5 Å². The Hall–Kier alpha value is -1.07. The van der Waals surface area contributed by atoms with Crippen LogP contribution < -0.4 is 10.6 Å². The molecule has 1 fully saturated rings. The summed E-state index contributed by atoms with van der Waals surface area (Å²) in [5.74, 6) is 1.27. The molecule has 0 aliphatic carbocycles. The second-order valence-electron chi connectivity index (χ2n) is 4.97. The van der Waals surface area contributed by atoms with Crippen molar-refractivity contribution in [2.24, 2.45) is 12.8 Å². The van der Waals surface area contributed by atoms with Gasteiger partial charge in [0.25, 0.3) is 0 Å². The molecule has 1 saturated heterocycles. The predicted molar refractivity (Wildman–Crippen MR) is 75.0 cm³/mol. The Morgan fingerprint density at radius 2 is 1.89 bits per heavy atom. The fourth-order valence-corrected chi connectivity index (χ4v) is 2.80. The molecule has 1 aliphatic rings. The van der Waals surface area contributed by atoms with Crippen LogP contribution in [0.3, 0.4) is 0 Å². The number of aromatic nitrogens is 2. The molecule has 5 nitrogen and oxygen atoms in total. The van der Waals surface area contributed by atoms with Gasteiger partial charge in [-0.25, -0.2) is 0 Å². The van der Waals surface area contributed by atoms with Gasteiger partial charge in [0.05, 0.1) is 5.69 Å². The maximum absolute atomic E-state index is 5.72. The summed E-state index contributed by atoms with van der Waals surface area (Å²) in [5.41, 5.74) is 8.16. The van der Waals surface area contributed by atoms with Gasteiger partial charge in [-0.3, -0.25) is 4.68 Å². The van der Waals surface area contributed by atoms with Crippen LogP contribution >= 0.6 is 0 Å². The number of nitrogens with two attached hydrogens (primary N) is 1. The zero-order chi connectivity index (χ0) is 13.1. The molecule has 2 N–H and O–H groups in total. The molecular formula is C13H25N5. The molecule has 0 unspecified atom stereocenters. The zero-order valence-corrected chi connectivity index (χ0v) is 11.8. The molecular weight excluding hydrogens is 226 g/mol. The number of anilines is 1. The first-order valence-corrected chi connectivity index (χ1v) is 6.87. The number of hydrogen-bond acceptors (Lipinski definition) is 4. The number of nitrogens with zero attached hydrogens (tertiary/aromatic N) is 4. The maximum atomic E-state index is 5.72. The average molecular weight is 251 g/mol. The standard InChI is InChI=1S/C13H25N5/c1-4-17-7-9-18(10-8-17)13-12(5-6-14)11(2)15-16(13)3/h4-10,14H2,1-3H3. The Kier molecular flexibility index (Phi) is 4.24. The second-order valence-corrected chi connectivity index (χ2v) is 4.97. The van der Waals surface area contributed by atoms with Crippen molar-refractivity contribution in [1.29, 1.82) is 0 Å². The second kappa shape index (κ2) is 5.71. The zero-order valence-electron chi connectivity index (χ0n) is 11.8. The Labute approximate surface area is 110 Å². The maximum Gasteiger partial charge on any atom is 0.130 e. The molecule has 0 saturated carbocycles. The number of hydrogen-bond donors (Lipinski definition) is 1. The van der Waals surface area contributed by atoms with Crippen LogP contribution in [-0.2, 0) is 13.5 Å². The average Bonchev–Trinajstić information content (AvgIpc) is 2.65. The molecule has 1 aromatic heterocycles. The van der Waals surface area contributed by atoms with Crippen molar-refractivity contribution >= 4 is 5.82 Å². The predicted octanol–water partition coefficient (Wildman–Crippen LogP) is 0.372. The number of aryl methyl sites for hydroxylation is 2. The summed E-state index contributed by atoms with van der Waals surface area (Å²) in [6.45, 7) is 10.6. The van der Waals surface area contributed by atoms with Gasteiger partial charge in [0.2, 0.25) is 0 Å². The van der Waals surface area contributed by atoms with E-state index in [0.717, 1.165) is 44.8 Å². The van der Waals surface area contributed by atoms with E-state index in [1.165, 1.54) is 11.4 Å². The highest BCUT2D eigenvalue weighted by Gasteiger charge is 2.22. The highest BCUT2D eigenvalue weighted by Crippen LogP contribution is 2.24. The van der Waals surface area contributed by atoms with E-state index in [0.29, 0.717) is 6.54 Å². The van der Waals surface area contributed by atoms with Crippen LogP contribution in [0.2, 0.25) is 0 Å². The summed E-state index contributed by atoms with van der Waals surface area (Å²) >= 11 is 0. The monoisotopic (exact) mass is 251 g/mol. The molecule has 1 aliphatic heterocycles. The van der Waals surface area contributed by atoms with Gasteiger partial charge in [-0.15, -0.1) is 0 Å². The van der Waals surface area contributed by atoms with Crippen molar-refractivity contribution in [3.63, 3.8) is 0 Å². The van der Waals surface area contributed by atoms with E-state index >= 15 is 0 Å². The Morgan fingerprint density at radius 1 is 1.22 bits per heavy atom. The van der Waals surface area contributed by atoms with Gasteiger partial charge in [-0.1, -0.05) is 6.92 Å². The van der Waals surface area contributed by atoms with Gasteiger partial charge in [0, 0.05) is 38.8 Å². The summed E-state index contributed by atoms with van der Waals surface area (Å²) in [6, 6.07) is 0. The largest absolute Gasteiger partial charge is 0.354 e. The molecule has 0 amide bonds. The number of rotatable bonds is 4. The molecule has 2 heterocycles. The summed E-state index contributed by atoms with van der Waals surface area (Å²) in [7, 11) is 2.04.